The standard InChI is InChI=1S/C25H33N3O7S/c1-5-13-26-25(30)21(6-2)27(15-18-7-10-20(33-3)11-8-18)24(29)16-28(36(4,31)32)19-9-12-22-23(14-19)35-17-34-22/h7-12,14,21H,5-6,13,15-17H2,1-4H3,(H,26,30). The molecule has 1 unspecified atom stereocenters. The van der Waals surface area contributed by atoms with Crippen LogP contribution in [-0.4, -0.2) is 64.4 Å². The molecule has 0 aromatic heterocycles. The predicted octanol–water partition coefficient (Wildman–Crippen LogP) is 2.52. The van der Waals surface area contributed by atoms with Gasteiger partial charge in [0, 0.05) is 19.2 Å². The smallest absolute Gasteiger partial charge is 0.244 e. The van der Waals surface area contributed by atoms with Gasteiger partial charge in [-0.25, -0.2) is 8.42 Å². The predicted molar refractivity (Wildman–Crippen MR) is 136 cm³/mol. The first-order valence-electron chi connectivity index (χ1n) is 11.7. The van der Waals surface area contributed by atoms with Gasteiger partial charge < -0.3 is 24.4 Å². The fourth-order valence-electron chi connectivity index (χ4n) is 3.87. The number of fused-ring (bicyclic) bond motifs is 1. The number of nitrogens with zero attached hydrogens (tertiary/aromatic N) is 2. The van der Waals surface area contributed by atoms with Gasteiger partial charge in [-0.1, -0.05) is 26.0 Å². The third-order valence-electron chi connectivity index (χ3n) is 5.77. The summed E-state index contributed by atoms with van der Waals surface area (Å²) in [7, 11) is -2.28. The molecule has 0 aliphatic carbocycles. The van der Waals surface area contributed by atoms with Gasteiger partial charge in [-0.05, 0) is 42.7 Å². The molecule has 10 nitrogen and oxygen atoms in total. The summed E-state index contributed by atoms with van der Waals surface area (Å²) in [6.07, 6.45) is 2.14. The number of benzene rings is 2. The first-order chi connectivity index (χ1) is 17.2. The highest BCUT2D eigenvalue weighted by molar-refractivity contribution is 7.92. The highest BCUT2D eigenvalue weighted by Gasteiger charge is 2.32. The average Bonchev–Trinajstić information content (AvgIpc) is 3.33. The fourth-order valence-corrected chi connectivity index (χ4v) is 4.71. The zero-order valence-corrected chi connectivity index (χ0v) is 21.8. The van der Waals surface area contributed by atoms with Crippen LogP contribution >= 0.6 is 0 Å². The summed E-state index contributed by atoms with van der Waals surface area (Å²) in [5.41, 5.74) is 1.04. The Hall–Kier alpha value is -3.47. The average molecular weight is 520 g/mol. The largest absolute Gasteiger partial charge is 0.497 e. The quantitative estimate of drug-likeness (QED) is 0.458. The number of methoxy groups -OCH3 is 1. The second kappa shape index (κ2) is 12.0. The second-order valence-electron chi connectivity index (χ2n) is 8.39. The van der Waals surface area contributed by atoms with Crippen LogP contribution in [0.3, 0.4) is 0 Å². The summed E-state index contributed by atoms with van der Waals surface area (Å²) in [5, 5.41) is 2.85. The Bertz CT molecular complexity index is 1170. The maximum Gasteiger partial charge on any atom is 0.244 e. The monoisotopic (exact) mass is 519 g/mol. The SMILES string of the molecule is CCCNC(=O)C(CC)N(Cc1ccc(OC)cc1)C(=O)CN(c1ccc2c(c1)OCO2)S(C)(=O)=O. The molecule has 0 spiro atoms. The summed E-state index contributed by atoms with van der Waals surface area (Å²) < 4.78 is 42.3. The molecule has 1 heterocycles. The minimum Gasteiger partial charge on any atom is -0.497 e. The molecule has 1 N–H and O–H groups in total. The van der Waals surface area contributed by atoms with Crippen LogP contribution in [0.2, 0.25) is 0 Å². The minimum absolute atomic E-state index is 0.0390. The number of carbonyl (C=O) groups is 2. The van der Waals surface area contributed by atoms with E-state index < -0.39 is 28.5 Å². The van der Waals surface area contributed by atoms with E-state index in [1.54, 1.807) is 31.4 Å². The van der Waals surface area contributed by atoms with E-state index in [0.717, 1.165) is 22.5 Å². The van der Waals surface area contributed by atoms with Gasteiger partial charge in [0.2, 0.25) is 28.6 Å². The van der Waals surface area contributed by atoms with Crippen LogP contribution in [0.1, 0.15) is 32.3 Å². The molecule has 1 atom stereocenters. The van der Waals surface area contributed by atoms with E-state index in [0.29, 0.717) is 30.2 Å². The second-order valence-corrected chi connectivity index (χ2v) is 10.3. The van der Waals surface area contributed by atoms with Gasteiger partial charge in [-0.3, -0.25) is 13.9 Å². The Labute approximate surface area is 212 Å². The van der Waals surface area contributed by atoms with Crippen molar-refractivity contribution in [1.82, 2.24) is 10.2 Å². The Morgan fingerprint density at radius 1 is 1.08 bits per heavy atom. The Morgan fingerprint density at radius 2 is 1.78 bits per heavy atom. The Kier molecular flexibility index (Phi) is 9.03. The fraction of sp³-hybridized carbons (Fsp3) is 0.440. The van der Waals surface area contributed by atoms with E-state index in [1.807, 2.05) is 26.0 Å². The molecule has 2 aromatic carbocycles. The number of hydrogen-bond donors (Lipinski definition) is 1. The summed E-state index contributed by atoms with van der Waals surface area (Å²) in [6.45, 7) is 3.92. The Balaban J connectivity index is 1.92. The maximum absolute atomic E-state index is 13.7. The zero-order chi connectivity index (χ0) is 26.3. The van der Waals surface area contributed by atoms with Crippen molar-refractivity contribution in [2.24, 2.45) is 0 Å². The highest BCUT2D eigenvalue weighted by atomic mass is 32.2. The minimum atomic E-state index is -3.84. The first-order valence-corrected chi connectivity index (χ1v) is 13.6. The molecule has 1 aliphatic rings. The van der Waals surface area contributed by atoms with Crippen LogP contribution in [0, 0.1) is 0 Å². The maximum atomic E-state index is 13.7. The lowest BCUT2D eigenvalue weighted by molar-refractivity contribution is -0.140. The molecule has 3 rings (SSSR count). The molecule has 0 bridgehead atoms. The Morgan fingerprint density at radius 3 is 2.39 bits per heavy atom. The van der Waals surface area contributed by atoms with Gasteiger partial charge in [-0.2, -0.15) is 0 Å². The van der Waals surface area contributed by atoms with Gasteiger partial charge >= 0.3 is 0 Å². The third kappa shape index (κ3) is 6.60. The van der Waals surface area contributed by atoms with Crippen molar-refractivity contribution in [3.63, 3.8) is 0 Å². The van der Waals surface area contributed by atoms with E-state index in [1.165, 1.54) is 11.0 Å². The number of rotatable bonds is 12. The number of ether oxygens (including phenoxy) is 3. The van der Waals surface area contributed by atoms with Crippen LogP contribution in [0.5, 0.6) is 17.2 Å². The van der Waals surface area contributed by atoms with E-state index >= 15 is 0 Å². The van der Waals surface area contributed by atoms with Crippen LogP contribution in [0.4, 0.5) is 5.69 Å². The van der Waals surface area contributed by atoms with Gasteiger partial charge in [-0.15, -0.1) is 0 Å². The molecule has 11 heteroatoms. The summed E-state index contributed by atoms with van der Waals surface area (Å²) >= 11 is 0. The normalized spacial score (nSPS) is 13.1. The van der Waals surface area contributed by atoms with Crippen molar-refractivity contribution in [2.75, 3.05) is 37.6 Å². The lowest BCUT2D eigenvalue weighted by atomic mass is 10.1. The number of carbonyl (C=O) groups excluding carboxylic acids is 2. The topological polar surface area (TPSA) is 114 Å². The van der Waals surface area contributed by atoms with E-state index in [-0.39, 0.29) is 24.9 Å². The number of hydrogen-bond acceptors (Lipinski definition) is 7. The molecule has 0 saturated carbocycles. The van der Waals surface area contributed by atoms with Gasteiger partial charge in [0.25, 0.3) is 0 Å². The van der Waals surface area contributed by atoms with Crippen molar-refractivity contribution < 1.29 is 32.2 Å². The van der Waals surface area contributed by atoms with Crippen LogP contribution in [0.15, 0.2) is 42.5 Å². The summed E-state index contributed by atoms with van der Waals surface area (Å²) in [6, 6.07) is 11.1. The van der Waals surface area contributed by atoms with Crippen LogP contribution in [-0.2, 0) is 26.2 Å². The summed E-state index contributed by atoms with van der Waals surface area (Å²) in [5.74, 6) is 0.769. The van der Waals surface area contributed by atoms with Crippen molar-refractivity contribution >= 4 is 27.5 Å². The highest BCUT2D eigenvalue weighted by Crippen LogP contribution is 2.36. The van der Waals surface area contributed by atoms with Crippen LogP contribution in [0.25, 0.3) is 0 Å². The van der Waals surface area contributed by atoms with Crippen molar-refractivity contribution in [1.29, 1.82) is 0 Å². The zero-order valence-electron chi connectivity index (χ0n) is 21.0. The molecule has 0 radical (unpaired) electrons. The number of sulfonamides is 1. The van der Waals surface area contributed by atoms with E-state index in [2.05, 4.69) is 5.32 Å². The molecule has 2 aromatic rings. The molecule has 0 fully saturated rings. The first kappa shape index (κ1) is 27.1. The van der Waals surface area contributed by atoms with Crippen molar-refractivity contribution in [3.8, 4) is 17.2 Å². The van der Waals surface area contributed by atoms with Gasteiger partial charge in [0.05, 0.1) is 19.1 Å². The number of anilines is 1. The molecule has 36 heavy (non-hydrogen) atoms. The molecule has 2 amide bonds. The number of amides is 2. The van der Waals surface area contributed by atoms with Crippen LogP contribution < -0.4 is 23.8 Å². The molecule has 1 aliphatic heterocycles. The lowest BCUT2D eigenvalue weighted by Gasteiger charge is -2.33. The van der Waals surface area contributed by atoms with Crippen molar-refractivity contribution in [3.05, 3.63) is 48.0 Å². The summed E-state index contributed by atoms with van der Waals surface area (Å²) in [4.78, 5) is 28.1. The van der Waals surface area contributed by atoms with Gasteiger partial charge in [0.1, 0.15) is 18.3 Å². The molecule has 196 valence electrons. The molecular weight excluding hydrogens is 486 g/mol. The van der Waals surface area contributed by atoms with E-state index in [4.69, 9.17) is 14.2 Å². The number of nitrogens with one attached hydrogen (secondary N) is 1. The van der Waals surface area contributed by atoms with Crippen molar-refractivity contribution in [2.45, 2.75) is 39.3 Å². The third-order valence-corrected chi connectivity index (χ3v) is 6.91. The molecular formula is C25H33N3O7S. The van der Waals surface area contributed by atoms with E-state index in [9.17, 15) is 18.0 Å². The van der Waals surface area contributed by atoms with Gasteiger partial charge in [0.15, 0.2) is 11.5 Å². The molecule has 0 saturated heterocycles. The lowest BCUT2D eigenvalue weighted by Crippen LogP contribution is -2.52.